The van der Waals surface area contributed by atoms with Gasteiger partial charge in [0.05, 0.1) is 0 Å². The molecule has 0 aromatic carbocycles. The lowest BCUT2D eigenvalue weighted by atomic mass is 10.1. The second-order valence-electron chi connectivity index (χ2n) is 3.17. The number of hydrogen-bond donors (Lipinski definition) is 0. The van der Waals surface area contributed by atoms with Crippen LogP contribution in [0.15, 0.2) is 0 Å². The normalized spacial score (nSPS) is 15.3. The van der Waals surface area contributed by atoms with Crippen LogP contribution < -0.4 is 0 Å². The van der Waals surface area contributed by atoms with Gasteiger partial charge in [-0.1, -0.05) is 64.9 Å². The van der Waals surface area contributed by atoms with Gasteiger partial charge < -0.3 is 0 Å². The number of hydrogen-bond acceptors (Lipinski definition) is 0. The second kappa shape index (κ2) is 5.17. The highest BCUT2D eigenvalue weighted by Crippen LogP contribution is 2.31. The molecule has 0 N–H and O–H groups in total. The molecule has 0 fully saturated rings. The van der Waals surface area contributed by atoms with Crippen LogP contribution in [0.2, 0.25) is 0 Å². The molecule has 0 aromatic heterocycles. The lowest BCUT2D eigenvalue weighted by Gasteiger charge is -2.23. The van der Waals surface area contributed by atoms with E-state index >= 15 is 0 Å². The summed E-state index contributed by atoms with van der Waals surface area (Å²) in [7, 11) is 0. The first kappa shape index (κ1) is 11.5. The first-order valence-electron chi connectivity index (χ1n) is 3.81. The molecule has 2 heteroatoms. The summed E-state index contributed by atoms with van der Waals surface area (Å²) in [6.45, 7) is 6.87. The fraction of sp³-hybridized carbons (Fsp3) is 1.00. The Morgan fingerprint density at radius 1 is 1.40 bits per heavy atom. The topological polar surface area (TPSA) is 0 Å². The van der Waals surface area contributed by atoms with Gasteiger partial charge in [0.25, 0.3) is 0 Å². The molecule has 0 aliphatic carbocycles. The van der Waals surface area contributed by atoms with Crippen molar-refractivity contribution < 1.29 is 0 Å². The average Bonchev–Trinajstić information content (AvgIpc) is 1.80. The summed E-state index contributed by atoms with van der Waals surface area (Å²) in [4.78, 5) is 0. The minimum absolute atomic E-state index is 0.466. The molecule has 0 bridgehead atoms. The molecule has 0 aliphatic heterocycles. The van der Waals surface area contributed by atoms with E-state index in [-0.39, 0.29) is 0 Å². The highest BCUT2D eigenvalue weighted by Gasteiger charge is 2.22. The first-order chi connectivity index (χ1) is 4.48. The van der Waals surface area contributed by atoms with E-state index in [1.165, 1.54) is 19.3 Å². The first-order valence-corrected chi connectivity index (χ1v) is 6.14. The van der Waals surface area contributed by atoms with Crippen LogP contribution in [0, 0.1) is 0 Å². The van der Waals surface area contributed by atoms with Crippen LogP contribution in [0.3, 0.4) is 0 Å². The Balaban J connectivity index is 3.52. The van der Waals surface area contributed by atoms with E-state index in [9.17, 15) is 0 Å². The molecule has 0 amide bonds. The summed E-state index contributed by atoms with van der Waals surface area (Å²) in [6.07, 6.45) is 4.07. The fourth-order valence-corrected chi connectivity index (χ4v) is 1.48. The van der Waals surface area contributed by atoms with Crippen molar-refractivity contribution in [3.63, 3.8) is 0 Å². The summed E-state index contributed by atoms with van der Waals surface area (Å²) in [5.41, 5.74) is 0. The Labute approximate surface area is 91.8 Å². The lowest BCUT2D eigenvalue weighted by Crippen LogP contribution is -2.23. The van der Waals surface area contributed by atoms with Crippen molar-refractivity contribution in [1.82, 2.24) is 0 Å². The highest BCUT2D eigenvalue weighted by molar-refractivity contribution is 14.1. The Bertz CT molecular complexity index is 83.7. The van der Waals surface area contributed by atoms with Crippen LogP contribution >= 0.6 is 45.2 Å². The Morgan fingerprint density at radius 2 is 1.90 bits per heavy atom. The molecule has 0 heterocycles. The summed E-state index contributed by atoms with van der Waals surface area (Å²) >= 11 is 5.10. The third-order valence-electron chi connectivity index (χ3n) is 1.56. The molecule has 1 unspecified atom stereocenters. The van der Waals surface area contributed by atoms with Crippen LogP contribution in [-0.4, -0.2) is 7.35 Å². The molecule has 62 valence electrons. The Hall–Kier alpha value is 1.46. The van der Waals surface area contributed by atoms with Gasteiger partial charge in [0, 0.05) is 7.35 Å². The van der Waals surface area contributed by atoms with Gasteiger partial charge in [0.1, 0.15) is 0 Å². The maximum atomic E-state index is 2.56. The standard InChI is InChI=1S/C8H16I2/c1-4-5-6-7(9)8(2,3)10/h7H,4-6H2,1-3H3. The van der Waals surface area contributed by atoms with E-state index in [1.807, 2.05) is 0 Å². The van der Waals surface area contributed by atoms with Gasteiger partial charge in [-0.05, 0) is 20.3 Å². The monoisotopic (exact) mass is 366 g/mol. The quantitative estimate of drug-likeness (QED) is 0.517. The number of unbranched alkanes of at least 4 members (excludes halogenated alkanes) is 1. The molecule has 0 nitrogen and oxygen atoms in total. The zero-order chi connectivity index (χ0) is 8.20. The molecule has 0 rings (SSSR count). The smallest absolute Gasteiger partial charge is 0.0283 e. The second-order valence-corrected chi connectivity index (χ2v) is 7.46. The van der Waals surface area contributed by atoms with Crippen molar-refractivity contribution >= 4 is 45.2 Å². The molecule has 10 heavy (non-hydrogen) atoms. The number of alkyl halides is 2. The van der Waals surface area contributed by atoms with Crippen molar-refractivity contribution in [2.75, 3.05) is 0 Å². The molecule has 0 saturated carbocycles. The van der Waals surface area contributed by atoms with Crippen LogP contribution in [0.5, 0.6) is 0 Å². The van der Waals surface area contributed by atoms with Crippen LogP contribution in [0.25, 0.3) is 0 Å². The van der Waals surface area contributed by atoms with Gasteiger partial charge >= 0.3 is 0 Å². The largest absolute Gasteiger partial charge is 0.0812 e. The molecular weight excluding hydrogens is 350 g/mol. The number of halogens is 2. The van der Waals surface area contributed by atoms with Crippen LogP contribution in [-0.2, 0) is 0 Å². The van der Waals surface area contributed by atoms with E-state index in [0.29, 0.717) is 3.42 Å². The zero-order valence-corrected chi connectivity index (χ0v) is 11.3. The summed E-state index contributed by atoms with van der Waals surface area (Å²) < 4.78 is 1.29. The van der Waals surface area contributed by atoms with Crippen molar-refractivity contribution in [3.8, 4) is 0 Å². The van der Waals surface area contributed by atoms with E-state index in [4.69, 9.17) is 0 Å². The Kier molecular flexibility index (Phi) is 5.92. The van der Waals surface area contributed by atoms with Gasteiger partial charge in [0.15, 0.2) is 0 Å². The zero-order valence-electron chi connectivity index (χ0n) is 6.95. The molecule has 1 atom stereocenters. The average molecular weight is 366 g/mol. The van der Waals surface area contributed by atoms with E-state index in [1.54, 1.807) is 0 Å². The third kappa shape index (κ3) is 5.16. The molecule has 0 aromatic rings. The lowest BCUT2D eigenvalue weighted by molar-refractivity contribution is 0.625. The predicted molar refractivity (Wildman–Crippen MR) is 65.4 cm³/mol. The summed E-state index contributed by atoms with van der Waals surface area (Å²) in [6, 6.07) is 0. The molecule has 0 aliphatic rings. The molecule has 0 radical (unpaired) electrons. The van der Waals surface area contributed by atoms with Crippen LogP contribution in [0.1, 0.15) is 40.0 Å². The van der Waals surface area contributed by atoms with Crippen molar-refractivity contribution in [1.29, 1.82) is 0 Å². The summed E-state index contributed by atoms with van der Waals surface area (Å²) in [5, 5.41) is 0. The fourth-order valence-electron chi connectivity index (χ4n) is 0.727. The number of rotatable bonds is 4. The maximum absolute atomic E-state index is 2.56. The van der Waals surface area contributed by atoms with E-state index < -0.39 is 0 Å². The van der Waals surface area contributed by atoms with Crippen molar-refractivity contribution in [3.05, 3.63) is 0 Å². The Morgan fingerprint density at radius 3 is 2.20 bits per heavy atom. The third-order valence-corrected chi connectivity index (χ3v) is 5.68. The van der Waals surface area contributed by atoms with Crippen LogP contribution in [0.4, 0.5) is 0 Å². The molecular formula is C8H16I2. The van der Waals surface area contributed by atoms with Gasteiger partial charge in [-0.15, -0.1) is 0 Å². The van der Waals surface area contributed by atoms with Crippen molar-refractivity contribution in [2.45, 2.75) is 47.4 Å². The van der Waals surface area contributed by atoms with Gasteiger partial charge in [0.2, 0.25) is 0 Å². The maximum Gasteiger partial charge on any atom is 0.0283 e. The molecule has 0 saturated heterocycles. The predicted octanol–water partition coefficient (Wildman–Crippen LogP) is 4.19. The van der Waals surface area contributed by atoms with Gasteiger partial charge in [-0.2, -0.15) is 0 Å². The van der Waals surface area contributed by atoms with Crippen molar-refractivity contribution in [2.24, 2.45) is 0 Å². The SMILES string of the molecule is CCCCC(I)C(C)(C)I. The molecule has 0 spiro atoms. The minimum atomic E-state index is 0.466. The van der Waals surface area contributed by atoms with E-state index in [0.717, 1.165) is 3.92 Å². The van der Waals surface area contributed by atoms with E-state index in [2.05, 4.69) is 66.0 Å². The van der Waals surface area contributed by atoms with Gasteiger partial charge in [-0.3, -0.25) is 0 Å². The van der Waals surface area contributed by atoms with Gasteiger partial charge in [-0.25, -0.2) is 0 Å². The minimum Gasteiger partial charge on any atom is -0.0812 e. The highest BCUT2D eigenvalue weighted by atomic mass is 127. The summed E-state index contributed by atoms with van der Waals surface area (Å²) in [5.74, 6) is 0.